The smallest absolute Gasteiger partial charge is 0.259 e. The minimum Gasteiger partial charge on any atom is -0.497 e. The Morgan fingerprint density at radius 1 is 1.10 bits per heavy atom. The van der Waals surface area contributed by atoms with Gasteiger partial charge in [0.2, 0.25) is 0 Å². The maximum absolute atomic E-state index is 12.7. The summed E-state index contributed by atoms with van der Waals surface area (Å²) in [5, 5.41) is 0. The Morgan fingerprint density at radius 3 is 2.48 bits per heavy atom. The summed E-state index contributed by atoms with van der Waals surface area (Å²) in [6, 6.07) is 12.7. The van der Waals surface area contributed by atoms with E-state index in [0.29, 0.717) is 22.7 Å². The number of para-hydroxylation sites is 2. The molecule has 0 bridgehead atoms. The van der Waals surface area contributed by atoms with Crippen LogP contribution in [0.2, 0.25) is 0 Å². The highest BCUT2D eigenvalue weighted by molar-refractivity contribution is 9.10. The maximum Gasteiger partial charge on any atom is 0.259 e. The molecule has 0 radical (unpaired) electrons. The van der Waals surface area contributed by atoms with Crippen LogP contribution in [-0.2, 0) is 0 Å². The number of ether oxygens (including phenoxy) is 2. The van der Waals surface area contributed by atoms with Crippen molar-refractivity contribution in [3.8, 4) is 11.5 Å². The summed E-state index contributed by atoms with van der Waals surface area (Å²) in [7, 11) is 4.87. The number of rotatable bonds is 4. The number of halogens is 1. The number of hydrogen-bond acceptors (Lipinski definition) is 3. The van der Waals surface area contributed by atoms with Crippen LogP contribution >= 0.6 is 15.9 Å². The topological polar surface area (TPSA) is 38.8 Å². The Bertz CT molecular complexity index is 658. The van der Waals surface area contributed by atoms with E-state index in [2.05, 4.69) is 15.9 Å². The third-order valence-corrected chi connectivity index (χ3v) is 3.85. The van der Waals surface area contributed by atoms with Gasteiger partial charge in [0, 0.05) is 11.5 Å². The summed E-state index contributed by atoms with van der Waals surface area (Å²) in [5.41, 5.74) is 1.24. The van der Waals surface area contributed by atoms with Crippen molar-refractivity contribution in [2.75, 3.05) is 26.2 Å². The molecule has 5 heteroatoms. The number of anilines is 1. The molecule has 0 aliphatic rings. The number of carbonyl (C=O) groups is 1. The minimum absolute atomic E-state index is 0.148. The molecule has 0 aliphatic heterocycles. The predicted molar refractivity (Wildman–Crippen MR) is 86.4 cm³/mol. The van der Waals surface area contributed by atoms with Gasteiger partial charge in [-0.1, -0.05) is 12.1 Å². The average Bonchev–Trinajstić information content (AvgIpc) is 2.54. The van der Waals surface area contributed by atoms with E-state index in [1.165, 1.54) is 0 Å². The van der Waals surface area contributed by atoms with Crippen LogP contribution in [0.1, 0.15) is 10.4 Å². The zero-order valence-corrected chi connectivity index (χ0v) is 13.7. The average molecular weight is 350 g/mol. The van der Waals surface area contributed by atoms with Crippen molar-refractivity contribution in [1.82, 2.24) is 0 Å². The Balaban J connectivity index is 2.39. The lowest BCUT2D eigenvalue weighted by atomic mass is 10.1. The van der Waals surface area contributed by atoms with Crippen molar-refractivity contribution in [2.24, 2.45) is 0 Å². The quantitative estimate of drug-likeness (QED) is 0.843. The Hall–Kier alpha value is -2.01. The molecular formula is C16H16BrNO3. The van der Waals surface area contributed by atoms with Crippen LogP contribution in [0.15, 0.2) is 46.9 Å². The van der Waals surface area contributed by atoms with E-state index in [9.17, 15) is 4.79 Å². The molecule has 2 aromatic rings. The highest BCUT2D eigenvalue weighted by atomic mass is 79.9. The molecule has 2 rings (SSSR count). The standard InChI is InChI=1S/C16H16BrNO3/c1-18(14-6-4-5-7-15(14)21-3)16(19)12-10-11(20-2)8-9-13(12)17/h4-10H,1-3H3. The third-order valence-electron chi connectivity index (χ3n) is 3.16. The van der Waals surface area contributed by atoms with Gasteiger partial charge in [0.25, 0.3) is 5.91 Å². The highest BCUT2D eigenvalue weighted by Gasteiger charge is 2.19. The predicted octanol–water partition coefficient (Wildman–Crippen LogP) is 3.74. The number of nitrogens with zero attached hydrogens (tertiary/aromatic N) is 1. The fourth-order valence-electron chi connectivity index (χ4n) is 1.99. The van der Waals surface area contributed by atoms with Gasteiger partial charge in [0.05, 0.1) is 25.5 Å². The number of amides is 1. The summed E-state index contributed by atoms with van der Waals surface area (Å²) in [4.78, 5) is 14.2. The highest BCUT2D eigenvalue weighted by Crippen LogP contribution is 2.30. The molecule has 0 N–H and O–H groups in total. The molecule has 0 aliphatic carbocycles. The zero-order chi connectivity index (χ0) is 15.4. The molecule has 0 saturated carbocycles. The van der Waals surface area contributed by atoms with Crippen LogP contribution in [0.4, 0.5) is 5.69 Å². The molecule has 2 aromatic carbocycles. The number of benzene rings is 2. The summed E-state index contributed by atoms with van der Waals surface area (Å²) in [6.07, 6.45) is 0. The molecule has 0 fully saturated rings. The van der Waals surface area contributed by atoms with Crippen molar-refractivity contribution in [3.63, 3.8) is 0 Å². The number of carbonyl (C=O) groups excluding carboxylic acids is 1. The van der Waals surface area contributed by atoms with Gasteiger partial charge in [-0.3, -0.25) is 4.79 Å². The van der Waals surface area contributed by atoms with E-state index in [-0.39, 0.29) is 5.91 Å². The van der Waals surface area contributed by atoms with E-state index in [1.807, 2.05) is 24.3 Å². The van der Waals surface area contributed by atoms with Crippen LogP contribution < -0.4 is 14.4 Å². The van der Waals surface area contributed by atoms with Crippen LogP contribution in [0.25, 0.3) is 0 Å². The third kappa shape index (κ3) is 3.19. The first-order chi connectivity index (χ1) is 10.1. The molecule has 1 amide bonds. The first-order valence-corrected chi connectivity index (χ1v) is 7.12. The summed E-state index contributed by atoms with van der Waals surface area (Å²) >= 11 is 3.40. The molecule has 4 nitrogen and oxygen atoms in total. The van der Waals surface area contributed by atoms with E-state index >= 15 is 0 Å². The second-order valence-electron chi connectivity index (χ2n) is 4.38. The number of hydrogen-bond donors (Lipinski definition) is 0. The van der Waals surface area contributed by atoms with Crippen LogP contribution in [-0.4, -0.2) is 27.2 Å². The van der Waals surface area contributed by atoms with E-state index in [1.54, 1.807) is 44.4 Å². The monoisotopic (exact) mass is 349 g/mol. The normalized spacial score (nSPS) is 10.1. The first-order valence-electron chi connectivity index (χ1n) is 6.33. The minimum atomic E-state index is -0.148. The van der Waals surface area contributed by atoms with Crippen molar-refractivity contribution in [2.45, 2.75) is 0 Å². The maximum atomic E-state index is 12.7. The van der Waals surface area contributed by atoms with E-state index in [4.69, 9.17) is 9.47 Å². The van der Waals surface area contributed by atoms with Crippen molar-refractivity contribution >= 4 is 27.5 Å². The summed E-state index contributed by atoms with van der Waals surface area (Å²) < 4.78 is 11.2. The van der Waals surface area contributed by atoms with Gasteiger partial charge in [-0.25, -0.2) is 0 Å². The van der Waals surface area contributed by atoms with E-state index in [0.717, 1.165) is 4.47 Å². The van der Waals surface area contributed by atoms with Gasteiger partial charge in [0.1, 0.15) is 11.5 Å². The van der Waals surface area contributed by atoms with Gasteiger partial charge in [0.15, 0.2) is 0 Å². The van der Waals surface area contributed by atoms with Gasteiger partial charge in [-0.05, 0) is 46.3 Å². The molecule has 21 heavy (non-hydrogen) atoms. The molecule has 0 aromatic heterocycles. The lowest BCUT2D eigenvalue weighted by molar-refractivity contribution is 0.0991. The lowest BCUT2D eigenvalue weighted by Crippen LogP contribution is -2.27. The molecule has 0 saturated heterocycles. The van der Waals surface area contributed by atoms with Gasteiger partial charge in [-0.15, -0.1) is 0 Å². The fourth-order valence-corrected chi connectivity index (χ4v) is 2.41. The zero-order valence-electron chi connectivity index (χ0n) is 12.1. The molecular weight excluding hydrogens is 334 g/mol. The lowest BCUT2D eigenvalue weighted by Gasteiger charge is -2.20. The SMILES string of the molecule is COc1ccc(Br)c(C(=O)N(C)c2ccccc2OC)c1. The van der Waals surface area contributed by atoms with Gasteiger partial charge >= 0.3 is 0 Å². The molecule has 0 heterocycles. The van der Waals surface area contributed by atoms with Gasteiger partial charge in [-0.2, -0.15) is 0 Å². The van der Waals surface area contributed by atoms with Crippen LogP contribution in [0.5, 0.6) is 11.5 Å². The second kappa shape index (κ2) is 6.63. The first kappa shape index (κ1) is 15.4. The van der Waals surface area contributed by atoms with E-state index < -0.39 is 0 Å². The van der Waals surface area contributed by atoms with Gasteiger partial charge < -0.3 is 14.4 Å². The largest absolute Gasteiger partial charge is 0.497 e. The van der Waals surface area contributed by atoms with Crippen LogP contribution in [0.3, 0.4) is 0 Å². The fraction of sp³-hybridized carbons (Fsp3) is 0.188. The molecule has 0 atom stereocenters. The Morgan fingerprint density at radius 2 is 1.81 bits per heavy atom. The van der Waals surface area contributed by atoms with Crippen LogP contribution in [0, 0.1) is 0 Å². The molecule has 110 valence electrons. The number of methoxy groups -OCH3 is 2. The molecule has 0 spiro atoms. The van der Waals surface area contributed by atoms with Crippen molar-refractivity contribution in [3.05, 3.63) is 52.5 Å². The van der Waals surface area contributed by atoms with Crippen molar-refractivity contribution in [1.29, 1.82) is 0 Å². The Kier molecular flexibility index (Phi) is 4.85. The summed E-state index contributed by atoms with van der Waals surface area (Å²) in [6.45, 7) is 0. The molecule has 0 unspecified atom stereocenters. The van der Waals surface area contributed by atoms with Crippen molar-refractivity contribution < 1.29 is 14.3 Å². The second-order valence-corrected chi connectivity index (χ2v) is 5.24. The summed E-state index contributed by atoms with van der Waals surface area (Å²) in [5.74, 6) is 1.13. The Labute approximate surface area is 132 Å².